The SMILES string of the molecule is CN=C(NCCCn1nc2n(c1=O)CCCC2)N1CCC(Oc2ccccc2)CC1.I. The molecule has 0 saturated carbocycles. The molecule has 3 heterocycles. The number of para-hydroxylation sites is 1. The molecule has 9 heteroatoms. The Balaban J connectivity index is 0.00000272. The van der Waals surface area contributed by atoms with Crippen molar-refractivity contribution >= 4 is 29.9 Å². The molecule has 2 aliphatic heterocycles. The third-order valence-electron chi connectivity index (χ3n) is 5.86. The molecule has 0 unspecified atom stereocenters. The molecule has 0 bridgehead atoms. The number of aliphatic imine (C=N–C) groups is 1. The lowest BCUT2D eigenvalue weighted by Crippen LogP contribution is -2.47. The van der Waals surface area contributed by atoms with Crippen LogP contribution in [0.3, 0.4) is 0 Å². The quantitative estimate of drug-likeness (QED) is 0.264. The van der Waals surface area contributed by atoms with Gasteiger partial charge in [-0.05, 0) is 31.4 Å². The molecule has 8 nitrogen and oxygen atoms in total. The number of guanidine groups is 1. The number of ether oxygens (including phenoxy) is 1. The smallest absolute Gasteiger partial charge is 0.345 e. The fourth-order valence-corrected chi connectivity index (χ4v) is 4.23. The first-order valence-corrected chi connectivity index (χ1v) is 11.1. The molecular formula is C22H33IN6O2. The summed E-state index contributed by atoms with van der Waals surface area (Å²) in [5.74, 6) is 2.80. The van der Waals surface area contributed by atoms with Crippen molar-refractivity contribution in [3.8, 4) is 5.75 Å². The molecule has 0 atom stereocenters. The van der Waals surface area contributed by atoms with Gasteiger partial charge in [-0.15, -0.1) is 24.0 Å². The van der Waals surface area contributed by atoms with Crippen LogP contribution >= 0.6 is 24.0 Å². The summed E-state index contributed by atoms with van der Waals surface area (Å²) in [5.41, 5.74) is 0.0366. The Kier molecular flexibility index (Phi) is 8.79. The molecule has 1 saturated heterocycles. The van der Waals surface area contributed by atoms with Crippen molar-refractivity contribution in [2.24, 2.45) is 4.99 Å². The van der Waals surface area contributed by atoms with Crippen molar-refractivity contribution in [2.75, 3.05) is 26.7 Å². The highest BCUT2D eigenvalue weighted by Crippen LogP contribution is 2.18. The Labute approximate surface area is 200 Å². The molecule has 2 aliphatic rings. The standard InChI is InChI=1S/C22H32N6O2.HI/c1-23-21(26-16-11-19(12-17-26)30-18-8-3-2-4-9-18)24-13-7-15-28-22(29)27-14-6-5-10-20(27)25-28;/h2-4,8-9,19H,5-7,10-17H2,1H3,(H,23,24);1H. The molecule has 0 amide bonds. The van der Waals surface area contributed by atoms with E-state index in [1.165, 1.54) is 0 Å². The number of rotatable bonds is 6. The summed E-state index contributed by atoms with van der Waals surface area (Å²) in [4.78, 5) is 19.1. The van der Waals surface area contributed by atoms with Gasteiger partial charge in [-0.3, -0.25) is 9.56 Å². The predicted molar refractivity (Wildman–Crippen MR) is 132 cm³/mol. The van der Waals surface area contributed by atoms with Gasteiger partial charge in [-0.25, -0.2) is 9.48 Å². The average Bonchev–Trinajstić information content (AvgIpc) is 3.11. The minimum atomic E-state index is 0. The summed E-state index contributed by atoms with van der Waals surface area (Å²) < 4.78 is 9.54. The van der Waals surface area contributed by atoms with Gasteiger partial charge in [0.15, 0.2) is 5.96 Å². The van der Waals surface area contributed by atoms with E-state index >= 15 is 0 Å². The fourth-order valence-electron chi connectivity index (χ4n) is 4.23. The maximum absolute atomic E-state index is 12.4. The number of hydrogen-bond acceptors (Lipinski definition) is 4. The van der Waals surface area contributed by atoms with Gasteiger partial charge in [0.25, 0.3) is 0 Å². The normalized spacial score (nSPS) is 17.1. The molecule has 1 aromatic heterocycles. The number of nitrogens with zero attached hydrogens (tertiary/aromatic N) is 5. The van der Waals surface area contributed by atoms with Gasteiger partial charge < -0.3 is 15.0 Å². The summed E-state index contributed by atoms with van der Waals surface area (Å²) in [7, 11) is 1.82. The summed E-state index contributed by atoms with van der Waals surface area (Å²) in [6, 6.07) is 10.0. The van der Waals surface area contributed by atoms with E-state index < -0.39 is 0 Å². The highest BCUT2D eigenvalue weighted by atomic mass is 127. The Morgan fingerprint density at radius 3 is 2.68 bits per heavy atom. The topological polar surface area (TPSA) is 76.7 Å². The van der Waals surface area contributed by atoms with E-state index in [4.69, 9.17) is 4.74 Å². The molecule has 1 fully saturated rings. The number of hydrogen-bond donors (Lipinski definition) is 1. The molecule has 1 N–H and O–H groups in total. The first kappa shape index (κ1) is 23.6. The zero-order chi connectivity index (χ0) is 20.8. The lowest BCUT2D eigenvalue weighted by Gasteiger charge is -2.34. The maximum Gasteiger partial charge on any atom is 0.345 e. The first-order valence-electron chi connectivity index (χ1n) is 11.1. The second-order valence-electron chi connectivity index (χ2n) is 7.98. The van der Waals surface area contributed by atoms with E-state index in [2.05, 4.69) is 20.3 Å². The fraction of sp³-hybridized carbons (Fsp3) is 0.591. The Morgan fingerprint density at radius 2 is 1.97 bits per heavy atom. The minimum Gasteiger partial charge on any atom is -0.490 e. The number of aromatic nitrogens is 3. The molecule has 0 spiro atoms. The number of benzene rings is 1. The van der Waals surface area contributed by atoms with Gasteiger partial charge in [-0.2, -0.15) is 5.10 Å². The van der Waals surface area contributed by atoms with Crippen LogP contribution in [-0.4, -0.2) is 58.0 Å². The van der Waals surface area contributed by atoms with Gasteiger partial charge >= 0.3 is 5.69 Å². The number of piperidine rings is 1. The van der Waals surface area contributed by atoms with Gasteiger partial charge in [0.2, 0.25) is 0 Å². The minimum absolute atomic E-state index is 0. The van der Waals surface area contributed by atoms with Gasteiger partial charge in [0.1, 0.15) is 17.7 Å². The molecule has 31 heavy (non-hydrogen) atoms. The zero-order valence-corrected chi connectivity index (χ0v) is 20.5. The van der Waals surface area contributed by atoms with E-state index in [1.807, 2.05) is 41.9 Å². The molecular weight excluding hydrogens is 507 g/mol. The highest BCUT2D eigenvalue weighted by molar-refractivity contribution is 14.0. The van der Waals surface area contributed by atoms with Crippen molar-refractivity contribution < 1.29 is 4.74 Å². The summed E-state index contributed by atoms with van der Waals surface area (Å²) >= 11 is 0. The number of aryl methyl sites for hydroxylation is 2. The lowest BCUT2D eigenvalue weighted by atomic mass is 10.1. The maximum atomic E-state index is 12.4. The number of fused-ring (bicyclic) bond motifs is 1. The number of likely N-dealkylation sites (tertiary alicyclic amines) is 1. The van der Waals surface area contributed by atoms with Gasteiger partial charge in [0, 0.05) is 59.0 Å². The van der Waals surface area contributed by atoms with Gasteiger partial charge in [0.05, 0.1) is 0 Å². The van der Waals surface area contributed by atoms with Crippen molar-refractivity contribution in [1.82, 2.24) is 24.6 Å². The first-order chi connectivity index (χ1) is 14.7. The van der Waals surface area contributed by atoms with Crippen molar-refractivity contribution in [1.29, 1.82) is 0 Å². The van der Waals surface area contributed by atoms with Crippen LogP contribution in [0.15, 0.2) is 40.1 Å². The number of halogens is 1. The largest absolute Gasteiger partial charge is 0.490 e. The van der Waals surface area contributed by atoms with Crippen LogP contribution in [0.2, 0.25) is 0 Å². The van der Waals surface area contributed by atoms with Crippen LogP contribution in [0.25, 0.3) is 0 Å². The lowest BCUT2D eigenvalue weighted by molar-refractivity contribution is 0.129. The Morgan fingerprint density at radius 1 is 1.19 bits per heavy atom. The summed E-state index contributed by atoms with van der Waals surface area (Å²) in [6.45, 7) is 4.05. The predicted octanol–water partition coefficient (Wildman–Crippen LogP) is 2.51. The molecule has 0 aliphatic carbocycles. The van der Waals surface area contributed by atoms with E-state index in [-0.39, 0.29) is 35.8 Å². The van der Waals surface area contributed by atoms with Crippen LogP contribution in [0, 0.1) is 0 Å². The van der Waals surface area contributed by atoms with E-state index in [9.17, 15) is 4.79 Å². The summed E-state index contributed by atoms with van der Waals surface area (Å²) in [5, 5.41) is 7.94. The Hall–Kier alpha value is -2.04. The molecule has 1 aromatic carbocycles. The van der Waals surface area contributed by atoms with Crippen LogP contribution in [0.5, 0.6) is 5.75 Å². The van der Waals surface area contributed by atoms with Crippen molar-refractivity contribution in [3.05, 3.63) is 46.6 Å². The molecule has 4 rings (SSSR count). The molecule has 2 aromatic rings. The molecule has 170 valence electrons. The third kappa shape index (κ3) is 6.02. The third-order valence-corrected chi connectivity index (χ3v) is 5.86. The van der Waals surface area contributed by atoms with Gasteiger partial charge in [-0.1, -0.05) is 18.2 Å². The zero-order valence-electron chi connectivity index (χ0n) is 18.2. The van der Waals surface area contributed by atoms with Crippen LogP contribution in [-0.2, 0) is 19.5 Å². The number of nitrogens with one attached hydrogen (secondary N) is 1. The Bertz CT molecular complexity index is 902. The molecule has 0 radical (unpaired) electrons. The van der Waals surface area contributed by atoms with Crippen LogP contribution < -0.4 is 15.7 Å². The monoisotopic (exact) mass is 540 g/mol. The van der Waals surface area contributed by atoms with Crippen molar-refractivity contribution in [3.63, 3.8) is 0 Å². The van der Waals surface area contributed by atoms with Crippen molar-refractivity contribution in [2.45, 2.75) is 57.7 Å². The second-order valence-corrected chi connectivity index (χ2v) is 7.98. The highest BCUT2D eigenvalue weighted by Gasteiger charge is 2.22. The van der Waals surface area contributed by atoms with E-state index in [0.29, 0.717) is 6.54 Å². The average molecular weight is 540 g/mol. The van der Waals surface area contributed by atoms with Crippen LogP contribution in [0.4, 0.5) is 0 Å². The van der Waals surface area contributed by atoms with E-state index in [0.717, 1.165) is 82.2 Å². The van der Waals surface area contributed by atoms with E-state index in [1.54, 1.807) is 4.68 Å². The van der Waals surface area contributed by atoms with Crippen LogP contribution in [0.1, 0.15) is 37.9 Å². The summed E-state index contributed by atoms with van der Waals surface area (Å²) in [6.07, 6.45) is 6.15. The second kappa shape index (κ2) is 11.5.